The van der Waals surface area contributed by atoms with Gasteiger partial charge < -0.3 is 20.1 Å². The minimum atomic E-state index is -0.532. The zero-order chi connectivity index (χ0) is 28.0. The van der Waals surface area contributed by atoms with Crippen molar-refractivity contribution in [2.75, 3.05) is 17.1 Å². The van der Waals surface area contributed by atoms with Crippen molar-refractivity contribution in [3.05, 3.63) is 75.1 Å². The van der Waals surface area contributed by atoms with E-state index >= 15 is 0 Å². The van der Waals surface area contributed by atoms with E-state index in [9.17, 15) is 18.4 Å². The van der Waals surface area contributed by atoms with E-state index in [1.807, 2.05) is 13.8 Å². The number of aryl methyl sites for hydroxylation is 1. The molecule has 0 bridgehead atoms. The third kappa shape index (κ3) is 6.65. The third-order valence-corrected chi connectivity index (χ3v) is 6.23. The topological polar surface area (TPSA) is 96.4 Å². The van der Waals surface area contributed by atoms with Gasteiger partial charge in [0.15, 0.2) is 5.75 Å². The van der Waals surface area contributed by atoms with Crippen molar-refractivity contribution in [1.29, 1.82) is 0 Å². The van der Waals surface area contributed by atoms with Crippen LogP contribution in [0.25, 0.3) is 0 Å². The van der Waals surface area contributed by atoms with E-state index in [0.717, 1.165) is 30.5 Å². The minimum absolute atomic E-state index is 0.00472. The zero-order valence-electron chi connectivity index (χ0n) is 22.3. The quantitative estimate of drug-likeness (QED) is 0.248. The SMILES string of the molecule is CC.CNSNc1cc(Oc2c(C(=O)NC3CC3)c(Nc3ccc(C)cc3F)n(C)c(=O)c2C)ccc1F. The Kier molecular flexibility index (Phi) is 9.76. The van der Waals surface area contributed by atoms with Gasteiger partial charge in [0.1, 0.15) is 28.8 Å². The number of carbonyl (C=O) groups excluding carboxylic acids is 1. The summed E-state index contributed by atoms with van der Waals surface area (Å²) in [6, 6.07) is 8.67. The number of hydrogen-bond donors (Lipinski definition) is 4. The fourth-order valence-corrected chi connectivity index (χ4v) is 3.97. The van der Waals surface area contributed by atoms with Crippen molar-refractivity contribution in [3.63, 3.8) is 0 Å². The van der Waals surface area contributed by atoms with Crippen molar-refractivity contribution in [2.45, 2.75) is 46.6 Å². The first-order chi connectivity index (χ1) is 18.2. The Morgan fingerprint density at radius 1 is 1.05 bits per heavy atom. The third-order valence-electron chi connectivity index (χ3n) is 5.70. The predicted molar refractivity (Wildman–Crippen MR) is 149 cm³/mol. The van der Waals surface area contributed by atoms with Crippen LogP contribution in [0.4, 0.5) is 26.0 Å². The fraction of sp³-hybridized carbons (Fsp3) is 0.333. The molecule has 204 valence electrons. The molecular weight excluding hydrogens is 512 g/mol. The van der Waals surface area contributed by atoms with Gasteiger partial charge in [-0.2, -0.15) is 0 Å². The van der Waals surface area contributed by atoms with Crippen LogP contribution in [0.2, 0.25) is 0 Å². The number of halogens is 2. The summed E-state index contributed by atoms with van der Waals surface area (Å²) in [5.41, 5.74) is 0.764. The van der Waals surface area contributed by atoms with Crippen LogP contribution < -0.4 is 30.4 Å². The molecule has 0 radical (unpaired) electrons. The second kappa shape index (κ2) is 12.8. The molecule has 8 nitrogen and oxygen atoms in total. The number of carbonyl (C=O) groups is 1. The van der Waals surface area contributed by atoms with Crippen LogP contribution in [0.1, 0.15) is 48.2 Å². The van der Waals surface area contributed by atoms with Crippen molar-refractivity contribution in [3.8, 4) is 11.5 Å². The highest BCUT2D eigenvalue weighted by molar-refractivity contribution is 7.98. The summed E-state index contributed by atoms with van der Waals surface area (Å²) in [4.78, 5) is 26.5. The molecule has 1 aromatic heterocycles. The van der Waals surface area contributed by atoms with E-state index in [1.54, 1.807) is 27.0 Å². The number of ether oxygens (including phenoxy) is 1. The molecule has 0 atom stereocenters. The largest absolute Gasteiger partial charge is 0.456 e. The van der Waals surface area contributed by atoms with E-state index in [4.69, 9.17) is 4.74 Å². The number of aromatic nitrogens is 1. The van der Waals surface area contributed by atoms with Crippen LogP contribution in [-0.4, -0.2) is 23.6 Å². The maximum atomic E-state index is 14.7. The maximum Gasteiger partial charge on any atom is 0.259 e. The lowest BCUT2D eigenvalue weighted by Gasteiger charge is -2.21. The first kappa shape index (κ1) is 29.0. The molecular formula is C27H33F2N5O3S. The highest BCUT2D eigenvalue weighted by Gasteiger charge is 2.30. The molecule has 2 aromatic carbocycles. The van der Waals surface area contributed by atoms with Crippen molar-refractivity contribution in [1.82, 2.24) is 14.6 Å². The first-order valence-corrected chi connectivity index (χ1v) is 13.1. The lowest BCUT2D eigenvalue weighted by Crippen LogP contribution is -2.31. The fourth-order valence-electron chi connectivity index (χ4n) is 3.60. The summed E-state index contributed by atoms with van der Waals surface area (Å²) in [7, 11) is 3.17. The number of anilines is 3. The molecule has 11 heteroatoms. The maximum absolute atomic E-state index is 14.7. The molecule has 3 aromatic rings. The number of benzene rings is 2. The van der Waals surface area contributed by atoms with E-state index in [0.29, 0.717) is 0 Å². The molecule has 1 amide bonds. The van der Waals surface area contributed by atoms with Gasteiger partial charge >= 0.3 is 0 Å². The summed E-state index contributed by atoms with van der Waals surface area (Å²) >= 11 is 1.07. The molecule has 1 fully saturated rings. The molecule has 0 aliphatic heterocycles. The van der Waals surface area contributed by atoms with Crippen LogP contribution in [0.5, 0.6) is 11.5 Å². The van der Waals surface area contributed by atoms with Crippen LogP contribution in [-0.2, 0) is 7.05 Å². The predicted octanol–water partition coefficient (Wildman–Crippen LogP) is 5.93. The van der Waals surface area contributed by atoms with E-state index in [2.05, 4.69) is 20.1 Å². The molecule has 1 aliphatic carbocycles. The molecule has 38 heavy (non-hydrogen) atoms. The summed E-state index contributed by atoms with van der Waals surface area (Å²) in [5.74, 6) is -1.21. The number of rotatable bonds is 9. The van der Waals surface area contributed by atoms with Gasteiger partial charge in [0.25, 0.3) is 11.5 Å². The lowest BCUT2D eigenvalue weighted by atomic mass is 10.1. The Labute approximate surface area is 225 Å². The Balaban J connectivity index is 0.00000195. The molecule has 1 aliphatic rings. The summed E-state index contributed by atoms with van der Waals surface area (Å²) < 4.78 is 41.8. The number of nitrogens with one attached hydrogen (secondary N) is 4. The van der Waals surface area contributed by atoms with Crippen molar-refractivity contribution in [2.24, 2.45) is 7.05 Å². The summed E-state index contributed by atoms with van der Waals surface area (Å²) in [6.07, 6.45) is 1.69. The van der Waals surface area contributed by atoms with Crippen LogP contribution in [0.15, 0.2) is 41.2 Å². The highest BCUT2D eigenvalue weighted by Crippen LogP contribution is 2.36. The number of hydrogen-bond acceptors (Lipinski definition) is 7. The number of pyridine rings is 1. The van der Waals surface area contributed by atoms with Gasteiger partial charge in [0, 0.05) is 31.3 Å². The molecule has 4 rings (SSSR count). The van der Waals surface area contributed by atoms with E-state index in [1.165, 1.54) is 41.9 Å². The van der Waals surface area contributed by atoms with E-state index in [-0.39, 0.29) is 45.9 Å². The Bertz CT molecular complexity index is 1380. The highest BCUT2D eigenvalue weighted by atomic mass is 32.2. The zero-order valence-corrected chi connectivity index (χ0v) is 23.1. The van der Waals surface area contributed by atoms with Crippen LogP contribution >= 0.6 is 12.1 Å². The van der Waals surface area contributed by atoms with E-state index < -0.39 is 23.1 Å². The van der Waals surface area contributed by atoms with Crippen LogP contribution in [0, 0.1) is 25.5 Å². The Hall–Kier alpha value is -3.57. The Morgan fingerprint density at radius 2 is 1.76 bits per heavy atom. The molecule has 0 spiro atoms. The van der Waals surface area contributed by atoms with Gasteiger partial charge in [-0.3, -0.25) is 14.2 Å². The van der Waals surface area contributed by atoms with Gasteiger partial charge in [-0.05, 0) is 63.6 Å². The average Bonchev–Trinajstić information content (AvgIpc) is 3.72. The summed E-state index contributed by atoms with van der Waals surface area (Å²) in [6.45, 7) is 7.30. The number of amides is 1. The lowest BCUT2D eigenvalue weighted by molar-refractivity contribution is 0.0948. The van der Waals surface area contributed by atoms with Gasteiger partial charge in [-0.1, -0.05) is 19.9 Å². The van der Waals surface area contributed by atoms with Crippen LogP contribution in [0.3, 0.4) is 0 Å². The van der Waals surface area contributed by atoms with Crippen molar-refractivity contribution < 1.29 is 18.3 Å². The van der Waals surface area contributed by atoms with Gasteiger partial charge in [-0.15, -0.1) is 0 Å². The second-order valence-electron chi connectivity index (χ2n) is 8.55. The average molecular weight is 546 g/mol. The smallest absolute Gasteiger partial charge is 0.259 e. The van der Waals surface area contributed by atoms with Gasteiger partial charge in [0.2, 0.25) is 0 Å². The van der Waals surface area contributed by atoms with Gasteiger partial charge in [-0.25, -0.2) is 13.5 Å². The van der Waals surface area contributed by atoms with Crippen molar-refractivity contribution >= 4 is 35.2 Å². The molecule has 0 unspecified atom stereocenters. The van der Waals surface area contributed by atoms with Gasteiger partial charge in [0.05, 0.1) is 16.9 Å². The standard InChI is InChI=1S/C25H27F2N5O3S.C2H6/c1-13-5-10-19(18(27)11-13)30-23-21(24(33)29-15-6-7-15)22(14(2)25(34)32(23)4)35-16-8-9-17(26)20(12-16)31-36-28-3;1-2/h5,8-12,15,28,30-31H,6-7H2,1-4H3,(H,29,33);1-2H3. The monoisotopic (exact) mass is 545 g/mol. The number of nitrogens with zero attached hydrogens (tertiary/aromatic N) is 1. The normalized spacial score (nSPS) is 12.3. The Morgan fingerprint density at radius 3 is 2.39 bits per heavy atom. The molecule has 0 saturated heterocycles. The minimum Gasteiger partial charge on any atom is -0.456 e. The molecule has 1 heterocycles. The molecule has 1 saturated carbocycles. The summed E-state index contributed by atoms with van der Waals surface area (Å²) in [5, 5.41) is 5.83. The second-order valence-corrected chi connectivity index (χ2v) is 9.37. The first-order valence-electron chi connectivity index (χ1n) is 12.3. The molecule has 4 N–H and O–H groups in total.